The summed E-state index contributed by atoms with van der Waals surface area (Å²) in [5.41, 5.74) is 0. The van der Waals surface area contributed by atoms with Gasteiger partial charge in [-0.3, -0.25) is 3.93 Å². The van der Waals surface area contributed by atoms with E-state index in [9.17, 15) is 13.2 Å². The van der Waals surface area contributed by atoms with Crippen molar-refractivity contribution in [1.29, 1.82) is 0 Å². The number of halogens is 4. The first-order valence-corrected chi connectivity index (χ1v) is 3.26. The standard InChI is InChI=1S/C5H6BrF3N2/c1-3-10-4(11(2)6)5(7,8)9/h3H,1H2,2H3/b10-4-. The van der Waals surface area contributed by atoms with Gasteiger partial charge in [0, 0.05) is 13.2 Å². The second-order valence-corrected chi connectivity index (χ2v) is 2.67. The van der Waals surface area contributed by atoms with Crippen LogP contribution < -0.4 is 0 Å². The highest BCUT2D eigenvalue weighted by Crippen LogP contribution is 2.20. The summed E-state index contributed by atoms with van der Waals surface area (Å²) in [7, 11) is 1.19. The first kappa shape index (κ1) is 10.5. The normalized spacial score (nSPS) is 13.0. The summed E-state index contributed by atoms with van der Waals surface area (Å²) in [6.45, 7) is 3.06. The Bertz CT molecular complexity index is 173. The van der Waals surface area contributed by atoms with Gasteiger partial charge in [0.1, 0.15) is 0 Å². The molecule has 0 bridgehead atoms. The van der Waals surface area contributed by atoms with Crippen LogP contribution in [0, 0.1) is 0 Å². The Labute approximate surface area is 70.7 Å². The Hall–Kier alpha value is -0.520. The zero-order chi connectivity index (χ0) is 9.07. The summed E-state index contributed by atoms with van der Waals surface area (Å²) in [5, 5.41) is 0. The van der Waals surface area contributed by atoms with Gasteiger partial charge >= 0.3 is 6.18 Å². The maximum atomic E-state index is 11.9. The predicted molar refractivity (Wildman–Crippen MR) is 40.4 cm³/mol. The molecule has 0 aliphatic carbocycles. The molecule has 0 atom stereocenters. The average molecular weight is 231 g/mol. The molecule has 2 nitrogen and oxygen atoms in total. The van der Waals surface area contributed by atoms with E-state index < -0.39 is 12.0 Å². The third kappa shape index (κ3) is 3.41. The minimum atomic E-state index is -4.45. The zero-order valence-electron chi connectivity index (χ0n) is 5.69. The number of nitrogens with zero attached hydrogens (tertiary/aromatic N) is 2. The van der Waals surface area contributed by atoms with Gasteiger partial charge in [-0.2, -0.15) is 13.2 Å². The average Bonchev–Trinajstić information content (AvgIpc) is 1.79. The van der Waals surface area contributed by atoms with E-state index in [0.29, 0.717) is 3.93 Å². The van der Waals surface area contributed by atoms with Gasteiger partial charge in [0.25, 0.3) is 0 Å². The summed E-state index contributed by atoms with van der Waals surface area (Å²) in [4.78, 5) is 3.03. The van der Waals surface area contributed by atoms with Gasteiger partial charge in [0.2, 0.25) is 5.84 Å². The van der Waals surface area contributed by atoms with E-state index >= 15 is 0 Å². The fourth-order valence-corrected chi connectivity index (χ4v) is 0.707. The molecule has 64 valence electrons. The Morgan fingerprint density at radius 1 is 1.64 bits per heavy atom. The van der Waals surface area contributed by atoms with Crippen molar-refractivity contribution in [3.8, 4) is 0 Å². The van der Waals surface area contributed by atoms with Crippen LogP contribution in [-0.2, 0) is 0 Å². The SMILES string of the molecule is C=C/N=C(\N(C)Br)C(F)(F)F. The Balaban J connectivity index is 4.62. The van der Waals surface area contributed by atoms with Gasteiger partial charge in [0.15, 0.2) is 0 Å². The van der Waals surface area contributed by atoms with Crippen LogP contribution in [0.1, 0.15) is 0 Å². The van der Waals surface area contributed by atoms with Gasteiger partial charge in [-0.15, -0.1) is 0 Å². The molecule has 0 amide bonds. The van der Waals surface area contributed by atoms with Gasteiger partial charge in [-0.1, -0.05) is 6.58 Å². The number of hydrogen-bond donors (Lipinski definition) is 0. The lowest BCUT2D eigenvalue weighted by molar-refractivity contribution is -0.0642. The highest BCUT2D eigenvalue weighted by Gasteiger charge is 2.37. The molecule has 0 spiro atoms. The largest absolute Gasteiger partial charge is 0.450 e. The van der Waals surface area contributed by atoms with E-state index in [1.165, 1.54) is 7.05 Å². The molecule has 0 aromatic heterocycles. The zero-order valence-corrected chi connectivity index (χ0v) is 7.28. The molecule has 11 heavy (non-hydrogen) atoms. The number of aliphatic imine (C=N–C) groups is 1. The van der Waals surface area contributed by atoms with E-state index in [0.717, 1.165) is 6.20 Å². The highest BCUT2D eigenvalue weighted by molar-refractivity contribution is 9.07. The Morgan fingerprint density at radius 2 is 2.09 bits per heavy atom. The summed E-state index contributed by atoms with van der Waals surface area (Å²) >= 11 is 2.61. The van der Waals surface area contributed by atoms with E-state index in [4.69, 9.17) is 0 Å². The number of hydrogen-bond acceptors (Lipinski definition) is 1. The first-order valence-electron chi connectivity index (χ1n) is 2.55. The van der Waals surface area contributed by atoms with Crippen molar-refractivity contribution in [3.63, 3.8) is 0 Å². The van der Waals surface area contributed by atoms with Crippen molar-refractivity contribution in [1.82, 2.24) is 3.93 Å². The molecule has 0 saturated carbocycles. The molecule has 0 aromatic carbocycles. The van der Waals surface area contributed by atoms with E-state index in [2.05, 4.69) is 27.7 Å². The molecule has 0 fully saturated rings. The monoisotopic (exact) mass is 230 g/mol. The smallest absolute Gasteiger partial charge is 0.292 e. The second-order valence-electron chi connectivity index (χ2n) is 1.61. The number of alkyl halides is 3. The van der Waals surface area contributed by atoms with Crippen molar-refractivity contribution in [3.05, 3.63) is 12.8 Å². The van der Waals surface area contributed by atoms with E-state index in [1.54, 1.807) is 0 Å². The Morgan fingerprint density at radius 3 is 2.18 bits per heavy atom. The molecule has 0 radical (unpaired) electrons. The molecule has 0 rings (SSSR count). The van der Waals surface area contributed by atoms with Crippen LogP contribution in [0.2, 0.25) is 0 Å². The molecule has 0 aliphatic rings. The summed E-state index contributed by atoms with van der Waals surface area (Å²) in [6, 6.07) is 0. The summed E-state index contributed by atoms with van der Waals surface area (Å²) in [5.74, 6) is -1.03. The van der Waals surface area contributed by atoms with Crippen LogP contribution in [0.5, 0.6) is 0 Å². The van der Waals surface area contributed by atoms with Gasteiger partial charge in [-0.25, -0.2) is 4.99 Å². The third-order valence-electron chi connectivity index (χ3n) is 0.759. The predicted octanol–water partition coefficient (Wildman–Crippen LogP) is 2.33. The minimum absolute atomic E-state index is 0.703. The molecular formula is C5H6BrF3N2. The Kier molecular flexibility index (Phi) is 3.57. The lowest BCUT2D eigenvalue weighted by atomic mass is 10.6. The lowest BCUT2D eigenvalue weighted by Crippen LogP contribution is -2.32. The van der Waals surface area contributed by atoms with E-state index in [-0.39, 0.29) is 0 Å². The fraction of sp³-hybridized carbons (Fsp3) is 0.400. The first-order chi connectivity index (χ1) is 4.89. The maximum Gasteiger partial charge on any atom is 0.450 e. The molecule has 0 aliphatic heterocycles. The van der Waals surface area contributed by atoms with E-state index in [1.807, 2.05) is 0 Å². The van der Waals surface area contributed by atoms with Crippen molar-refractivity contribution in [2.24, 2.45) is 4.99 Å². The van der Waals surface area contributed by atoms with Crippen molar-refractivity contribution >= 4 is 22.0 Å². The summed E-state index contributed by atoms with van der Waals surface area (Å²) < 4.78 is 36.4. The van der Waals surface area contributed by atoms with Gasteiger partial charge in [0.05, 0.1) is 16.1 Å². The molecule has 0 unspecified atom stereocenters. The topological polar surface area (TPSA) is 15.6 Å². The molecule has 6 heteroatoms. The van der Waals surface area contributed by atoms with Gasteiger partial charge < -0.3 is 0 Å². The number of rotatable bonds is 1. The minimum Gasteiger partial charge on any atom is -0.292 e. The molecule has 0 aromatic rings. The molecule has 0 N–H and O–H groups in total. The molecule has 0 saturated heterocycles. The molecular weight excluding hydrogens is 225 g/mol. The van der Waals surface area contributed by atoms with Crippen LogP contribution in [0.25, 0.3) is 0 Å². The quantitative estimate of drug-likeness (QED) is 0.384. The van der Waals surface area contributed by atoms with Crippen LogP contribution in [0.4, 0.5) is 13.2 Å². The number of amidine groups is 1. The van der Waals surface area contributed by atoms with Crippen molar-refractivity contribution in [2.45, 2.75) is 6.18 Å². The summed E-state index contributed by atoms with van der Waals surface area (Å²) in [6.07, 6.45) is -3.62. The van der Waals surface area contributed by atoms with Gasteiger partial charge in [-0.05, 0) is 0 Å². The second kappa shape index (κ2) is 3.75. The fourth-order valence-electron chi connectivity index (χ4n) is 0.414. The van der Waals surface area contributed by atoms with Crippen LogP contribution in [0.15, 0.2) is 17.8 Å². The lowest BCUT2D eigenvalue weighted by Gasteiger charge is -2.14. The van der Waals surface area contributed by atoms with Crippen molar-refractivity contribution in [2.75, 3.05) is 7.05 Å². The molecule has 0 heterocycles. The van der Waals surface area contributed by atoms with Crippen LogP contribution >= 0.6 is 16.1 Å². The maximum absolute atomic E-state index is 11.9. The van der Waals surface area contributed by atoms with Crippen LogP contribution in [0.3, 0.4) is 0 Å². The van der Waals surface area contributed by atoms with Crippen LogP contribution in [-0.4, -0.2) is 23.0 Å². The third-order valence-corrected chi connectivity index (χ3v) is 1.09. The van der Waals surface area contributed by atoms with Crippen molar-refractivity contribution < 1.29 is 13.2 Å². The highest BCUT2D eigenvalue weighted by atomic mass is 79.9.